The third-order valence-corrected chi connectivity index (χ3v) is 5.43. The van der Waals surface area contributed by atoms with Crippen molar-refractivity contribution in [2.75, 3.05) is 14.2 Å². The Morgan fingerprint density at radius 3 is 2.12 bits per heavy atom. The largest absolute Gasteiger partial charge is 0.493 e. The van der Waals surface area contributed by atoms with Crippen LogP contribution in [0.25, 0.3) is 11.1 Å². The fourth-order valence-electron chi connectivity index (χ4n) is 3.70. The number of pyridine rings is 1. The Labute approximate surface area is 194 Å². The minimum atomic E-state index is -0.0601. The predicted octanol–water partition coefficient (Wildman–Crippen LogP) is 5.61. The Morgan fingerprint density at radius 2 is 1.45 bits per heavy atom. The number of nitrogens with zero attached hydrogens (tertiary/aromatic N) is 2. The van der Waals surface area contributed by atoms with Gasteiger partial charge in [0, 0.05) is 18.3 Å². The second kappa shape index (κ2) is 10.5. The lowest BCUT2D eigenvalue weighted by molar-refractivity contribution is 0.0727. The van der Waals surface area contributed by atoms with Gasteiger partial charge in [0.05, 0.1) is 26.5 Å². The molecule has 5 nitrogen and oxygen atoms in total. The molecular formula is C28H26N2O3. The predicted molar refractivity (Wildman–Crippen MR) is 129 cm³/mol. The van der Waals surface area contributed by atoms with E-state index >= 15 is 0 Å². The van der Waals surface area contributed by atoms with Crippen LogP contribution in [0.4, 0.5) is 0 Å². The zero-order valence-corrected chi connectivity index (χ0v) is 18.8. The zero-order chi connectivity index (χ0) is 23.0. The molecule has 4 aromatic rings. The highest BCUT2D eigenvalue weighted by atomic mass is 16.5. The molecule has 0 saturated carbocycles. The van der Waals surface area contributed by atoms with Crippen LogP contribution in [0.3, 0.4) is 0 Å². The van der Waals surface area contributed by atoms with Crippen LogP contribution in [0, 0.1) is 0 Å². The molecule has 0 N–H and O–H groups in total. The summed E-state index contributed by atoms with van der Waals surface area (Å²) in [4.78, 5) is 19.7. The molecule has 3 aromatic carbocycles. The number of amides is 1. The van der Waals surface area contributed by atoms with E-state index in [9.17, 15) is 4.79 Å². The van der Waals surface area contributed by atoms with Gasteiger partial charge in [-0.05, 0) is 53.1 Å². The lowest BCUT2D eigenvalue weighted by Crippen LogP contribution is -2.30. The summed E-state index contributed by atoms with van der Waals surface area (Å²) in [5.41, 5.74) is 4.59. The Kier molecular flexibility index (Phi) is 7.00. The number of carbonyl (C=O) groups is 1. The van der Waals surface area contributed by atoms with E-state index < -0.39 is 0 Å². The van der Waals surface area contributed by atoms with Crippen molar-refractivity contribution in [3.8, 4) is 22.6 Å². The maximum absolute atomic E-state index is 13.5. The first-order valence-electron chi connectivity index (χ1n) is 10.7. The van der Waals surface area contributed by atoms with E-state index in [1.165, 1.54) is 0 Å². The highest BCUT2D eigenvalue weighted by Gasteiger charge is 2.18. The summed E-state index contributed by atoms with van der Waals surface area (Å²) in [6.07, 6.45) is 1.74. The van der Waals surface area contributed by atoms with Crippen molar-refractivity contribution in [3.05, 3.63) is 114 Å². The average molecular weight is 439 g/mol. The minimum Gasteiger partial charge on any atom is -0.493 e. The summed E-state index contributed by atoms with van der Waals surface area (Å²) in [6, 6.07) is 29.3. The van der Waals surface area contributed by atoms with Crippen molar-refractivity contribution in [1.82, 2.24) is 9.88 Å². The molecule has 0 aliphatic carbocycles. The number of methoxy groups -OCH3 is 2. The maximum Gasteiger partial charge on any atom is 0.254 e. The third-order valence-electron chi connectivity index (χ3n) is 5.43. The molecule has 0 saturated heterocycles. The minimum absolute atomic E-state index is 0.0601. The van der Waals surface area contributed by atoms with Crippen LogP contribution in [-0.2, 0) is 13.1 Å². The zero-order valence-electron chi connectivity index (χ0n) is 18.8. The Balaban J connectivity index is 1.61. The highest BCUT2D eigenvalue weighted by molar-refractivity contribution is 5.94. The number of rotatable bonds is 8. The van der Waals surface area contributed by atoms with Gasteiger partial charge < -0.3 is 14.4 Å². The lowest BCUT2D eigenvalue weighted by Gasteiger charge is -2.23. The van der Waals surface area contributed by atoms with Crippen molar-refractivity contribution < 1.29 is 14.3 Å². The molecule has 1 aromatic heterocycles. The topological polar surface area (TPSA) is 51.7 Å². The Hall–Kier alpha value is -4.12. The number of hydrogen-bond donors (Lipinski definition) is 0. The van der Waals surface area contributed by atoms with Crippen LogP contribution in [-0.4, -0.2) is 30.0 Å². The van der Waals surface area contributed by atoms with Crippen LogP contribution >= 0.6 is 0 Å². The van der Waals surface area contributed by atoms with E-state index in [0.717, 1.165) is 22.4 Å². The van der Waals surface area contributed by atoms with Crippen LogP contribution < -0.4 is 9.47 Å². The van der Waals surface area contributed by atoms with Gasteiger partial charge >= 0.3 is 0 Å². The van der Waals surface area contributed by atoms with Crippen molar-refractivity contribution in [1.29, 1.82) is 0 Å². The molecule has 5 heteroatoms. The van der Waals surface area contributed by atoms with E-state index in [-0.39, 0.29) is 5.91 Å². The summed E-state index contributed by atoms with van der Waals surface area (Å²) in [7, 11) is 3.21. The fraction of sp³-hybridized carbons (Fsp3) is 0.143. The first-order chi connectivity index (χ1) is 16.2. The monoisotopic (exact) mass is 438 g/mol. The summed E-state index contributed by atoms with van der Waals surface area (Å²) in [5, 5.41) is 0. The van der Waals surface area contributed by atoms with Gasteiger partial charge in [0.1, 0.15) is 0 Å². The van der Waals surface area contributed by atoms with Crippen LogP contribution in [0.2, 0.25) is 0 Å². The second-order valence-electron chi connectivity index (χ2n) is 7.62. The van der Waals surface area contributed by atoms with Gasteiger partial charge in [-0.25, -0.2) is 0 Å². The molecule has 0 fully saturated rings. The Morgan fingerprint density at radius 1 is 0.758 bits per heavy atom. The lowest BCUT2D eigenvalue weighted by atomic mass is 10.0. The summed E-state index contributed by atoms with van der Waals surface area (Å²) < 4.78 is 10.8. The smallest absolute Gasteiger partial charge is 0.254 e. The molecule has 0 radical (unpaired) electrons. The molecule has 4 rings (SSSR count). The Bertz CT molecular complexity index is 1190. The first-order valence-corrected chi connectivity index (χ1v) is 10.7. The standard InChI is InChI=1S/C28H26N2O3/c1-32-26-16-11-21(18-27(26)33-2)19-30(20-25-10-6-7-17-29-25)28(31)24-14-12-23(13-15-24)22-8-4-3-5-9-22/h3-18H,19-20H2,1-2H3. The molecule has 1 amide bonds. The third kappa shape index (κ3) is 5.39. The number of aromatic nitrogens is 1. The van der Waals surface area contributed by atoms with Crippen molar-refractivity contribution in [3.63, 3.8) is 0 Å². The van der Waals surface area contributed by atoms with E-state index in [0.29, 0.717) is 30.2 Å². The summed E-state index contributed by atoms with van der Waals surface area (Å²) in [5.74, 6) is 1.22. The normalized spacial score (nSPS) is 10.5. The summed E-state index contributed by atoms with van der Waals surface area (Å²) in [6.45, 7) is 0.810. The van der Waals surface area contributed by atoms with Crippen molar-refractivity contribution in [2.24, 2.45) is 0 Å². The van der Waals surface area contributed by atoms with E-state index in [1.54, 1.807) is 25.3 Å². The van der Waals surface area contributed by atoms with Crippen LogP contribution in [0.5, 0.6) is 11.5 Å². The number of carbonyl (C=O) groups excluding carboxylic acids is 1. The molecule has 166 valence electrons. The van der Waals surface area contributed by atoms with Crippen molar-refractivity contribution >= 4 is 5.91 Å². The van der Waals surface area contributed by atoms with E-state index in [4.69, 9.17) is 9.47 Å². The number of ether oxygens (including phenoxy) is 2. The fourth-order valence-corrected chi connectivity index (χ4v) is 3.70. The van der Waals surface area contributed by atoms with Gasteiger partial charge in [0.25, 0.3) is 5.91 Å². The van der Waals surface area contributed by atoms with Gasteiger partial charge in [-0.1, -0.05) is 54.6 Å². The first kappa shape index (κ1) is 22.1. The van der Waals surface area contributed by atoms with Gasteiger partial charge in [0.15, 0.2) is 11.5 Å². The van der Waals surface area contributed by atoms with E-state index in [2.05, 4.69) is 17.1 Å². The second-order valence-corrected chi connectivity index (χ2v) is 7.62. The average Bonchev–Trinajstić information content (AvgIpc) is 2.89. The molecule has 0 aliphatic heterocycles. The molecule has 0 atom stereocenters. The van der Waals surface area contributed by atoms with E-state index in [1.807, 2.05) is 78.9 Å². The molecule has 0 unspecified atom stereocenters. The van der Waals surface area contributed by atoms with Gasteiger partial charge in [-0.2, -0.15) is 0 Å². The molecule has 33 heavy (non-hydrogen) atoms. The summed E-state index contributed by atoms with van der Waals surface area (Å²) >= 11 is 0. The van der Waals surface area contributed by atoms with Gasteiger partial charge in [-0.15, -0.1) is 0 Å². The molecule has 0 spiro atoms. The number of hydrogen-bond acceptors (Lipinski definition) is 4. The SMILES string of the molecule is COc1ccc(CN(Cc2ccccn2)C(=O)c2ccc(-c3ccccc3)cc2)cc1OC. The molecular weight excluding hydrogens is 412 g/mol. The van der Waals surface area contributed by atoms with Gasteiger partial charge in [0.2, 0.25) is 0 Å². The van der Waals surface area contributed by atoms with Gasteiger partial charge in [-0.3, -0.25) is 9.78 Å². The number of benzene rings is 3. The molecule has 0 bridgehead atoms. The van der Waals surface area contributed by atoms with Crippen LogP contribution in [0.1, 0.15) is 21.6 Å². The molecule has 0 aliphatic rings. The molecule has 1 heterocycles. The highest BCUT2D eigenvalue weighted by Crippen LogP contribution is 2.28. The van der Waals surface area contributed by atoms with Crippen LogP contribution in [0.15, 0.2) is 97.2 Å². The van der Waals surface area contributed by atoms with Crippen molar-refractivity contribution in [2.45, 2.75) is 13.1 Å². The quantitative estimate of drug-likeness (QED) is 0.359. The maximum atomic E-state index is 13.5.